The van der Waals surface area contributed by atoms with Gasteiger partial charge in [0.05, 0.1) is 11.9 Å². The van der Waals surface area contributed by atoms with Gasteiger partial charge in [0, 0.05) is 16.3 Å². The lowest BCUT2D eigenvalue weighted by Crippen LogP contribution is -1.90. The van der Waals surface area contributed by atoms with Gasteiger partial charge in [-0.1, -0.05) is 49.4 Å². The van der Waals surface area contributed by atoms with Crippen LogP contribution in [0.25, 0.3) is 22.0 Å². The molecule has 0 radical (unpaired) electrons. The number of aryl methyl sites for hydroxylation is 1. The predicted octanol–water partition coefficient (Wildman–Crippen LogP) is 4.60. The molecule has 19 heavy (non-hydrogen) atoms. The highest BCUT2D eigenvalue weighted by atomic mass is 19.1. The molecule has 0 saturated carbocycles. The fourth-order valence-corrected chi connectivity index (χ4v) is 2.33. The smallest absolute Gasteiger partial charge is 0.149 e. The average molecular weight is 251 g/mol. The van der Waals surface area contributed by atoms with Gasteiger partial charge in [-0.3, -0.25) is 4.98 Å². The van der Waals surface area contributed by atoms with E-state index in [9.17, 15) is 4.39 Å². The lowest BCUT2D eigenvalue weighted by atomic mass is 10.0. The van der Waals surface area contributed by atoms with E-state index in [0.29, 0.717) is 5.39 Å². The fraction of sp³-hybridized carbons (Fsp3) is 0.118. The highest BCUT2D eigenvalue weighted by Gasteiger charge is 2.08. The summed E-state index contributed by atoms with van der Waals surface area (Å²) in [4.78, 5) is 4.28. The van der Waals surface area contributed by atoms with Crippen molar-refractivity contribution in [2.24, 2.45) is 0 Å². The molecule has 0 bridgehead atoms. The maximum atomic E-state index is 13.8. The van der Waals surface area contributed by atoms with Crippen LogP contribution in [0.15, 0.2) is 54.7 Å². The number of nitrogens with zero attached hydrogens (tertiary/aromatic N) is 1. The van der Waals surface area contributed by atoms with E-state index >= 15 is 0 Å². The summed E-state index contributed by atoms with van der Waals surface area (Å²) in [5.74, 6) is -0.272. The molecule has 1 heterocycles. The summed E-state index contributed by atoms with van der Waals surface area (Å²) in [5, 5.41) is 1.48. The number of hydrogen-bond donors (Lipinski definition) is 0. The Morgan fingerprint density at radius 3 is 2.58 bits per heavy atom. The van der Waals surface area contributed by atoms with E-state index in [1.54, 1.807) is 6.07 Å². The second-order valence-corrected chi connectivity index (χ2v) is 4.55. The summed E-state index contributed by atoms with van der Waals surface area (Å²) in [6.45, 7) is 2.12. The van der Waals surface area contributed by atoms with Gasteiger partial charge in [-0.15, -0.1) is 0 Å². The van der Waals surface area contributed by atoms with E-state index in [1.807, 2.05) is 30.3 Å². The minimum absolute atomic E-state index is 0.272. The quantitative estimate of drug-likeness (QED) is 0.648. The molecule has 0 saturated heterocycles. The van der Waals surface area contributed by atoms with Crippen molar-refractivity contribution >= 4 is 10.8 Å². The Labute approximate surface area is 111 Å². The Morgan fingerprint density at radius 1 is 1.00 bits per heavy atom. The van der Waals surface area contributed by atoms with Crippen LogP contribution in [0.1, 0.15) is 12.5 Å². The number of halogens is 1. The van der Waals surface area contributed by atoms with Gasteiger partial charge in [-0.2, -0.15) is 0 Å². The third-order valence-corrected chi connectivity index (χ3v) is 3.36. The first-order chi connectivity index (χ1) is 9.29. The molecule has 2 aromatic carbocycles. The van der Waals surface area contributed by atoms with Crippen LogP contribution in [0.2, 0.25) is 0 Å². The maximum absolute atomic E-state index is 13.8. The van der Waals surface area contributed by atoms with Gasteiger partial charge < -0.3 is 0 Å². The lowest BCUT2D eigenvalue weighted by molar-refractivity contribution is 0.634. The van der Waals surface area contributed by atoms with Crippen LogP contribution in [-0.4, -0.2) is 4.98 Å². The molecule has 0 amide bonds. The SMILES string of the molecule is CCc1cccc(-c2ncc(F)c3ccccc23)c1. The summed E-state index contributed by atoms with van der Waals surface area (Å²) in [5.41, 5.74) is 3.13. The molecule has 0 aliphatic carbocycles. The Balaban J connectivity index is 2.28. The van der Waals surface area contributed by atoms with Crippen LogP contribution in [0.5, 0.6) is 0 Å². The third kappa shape index (κ3) is 2.10. The van der Waals surface area contributed by atoms with E-state index in [1.165, 1.54) is 11.8 Å². The van der Waals surface area contributed by atoms with Crippen LogP contribution in [0, 0.1) is 5.82 Å². The molecule has 0 unspecified atom stereocenters. The van der Waals surface area contributed by atoms with Crippen molar-refractivity contribution in [3.63, 3.8) is 0 Å². The highest BCUT2D eigenvalue weighted by Crippen LogP contribution is 2.28. The Morgan fingerprint density at radius 2 is 1.79 bits per heavy atom. The zero-order valence-electron chi connectivity index (χ0n) is 10.7. The first-order valence-electron chi connectivity index (χ1n) is 6.42. The molecule has 0 spiro atoms. The Kier molecular flexibility index (Phi) is 3.00. The van der Waals surface area contributed by atoms with Crippen LogP contribution < -0.4 is 0 Å². The first kappa shape index (κ1) is 11.8. The molecule has 2 heteroatoms. The van der Waals surface area contributed by atoms with E-state index < -0.39 is 0 Å². The predicted molar refractivity (Wildman–Crippen MR) is 76.5 cm³/mol. The summed E-state index contributed by atoms with van der Waals surface area (Å²) < 4.78 is 13.8. The number of hydrogen-bond acceptors (Lipinski definition) is 1. The third-order valence-electron chi connectivity index (χ3n) is 3.36. The number of aromatic nitrogens is 1. The molecule has 1 nitrogen and oxygen atoms in total. The average Bonchev–Trinajstić information content (AvgIpc) is 2.48. The first-order valence-corrected chi connectivity index (χ1v) is 6.42. The molecule has 1 aromatic heterocycles. The van der Waals surface area contributed by atoms with Gasteiger partial charge >= 0.3 is 0 Å². The number of fused-ring (bicyclic) bond motifs is 1. The van der Waals surface area contributed by atoms with E-state index in [2.05, 4.69) is 24.0 Å². The van der Waals surface area contributed by atoms with E-state index in [4.69, 9.17) is 0 Å². The van der Waals surface area contributed by atoms with Crippen molar-refractivity contribution in [3.05, 3.63) is 66.1 Å². The molecule has 0 aliphatic heterocycles. The van der Waals surface area contributed by atoms with Gasteiger partial charge in [0.15, 0.2) is 0 Å². The van der Waals surface area contributed by atoms with Crippen molar-refractivity contribution < 1.29 is 4.39 Å². The number of pyridine rings is 1. The lowest BCUT2D eigenvalue weighted by Gasteiger charge is -2.08. The van der Waals surface area contributed by atoms with Gasteiger partial charge in [0.1, 0.15) is 5.82 Å². The Hall–Kier alpha value is -2.22. The molecule has 94 valence electrons. The molecule has 3 rings (SSSR count). The summed E-state index contributed by atoms with van der Waals surface area (Å²) in [6, 6.07) is 15.7. The molecule has 0 atom stereocenters. The second-order valence-electron chi connectivity index (χ2n) is 4.55. The minimum atomic E-state index is -0.272. The maximum Gasteiger partial charge on any atom is 0.149 e. The van der Waals surface area contributed by atoms with E-state index in [0.717, 1.165) is 23.1 Å². The fourth-order valence-electron chi connectivity index (χ4n) is 2.33. The molecular weight excluding hydrogens is 237 g/mol. The van der Waals surface area contributed by atoms with Gasteiger partial charge in [-0.25, -0.2) is 4.39 Å². The van der Waals surface area contributed by atoms with Crippen LogP contribution >= 0.6 is 0 Å². The largest absolute Gasteiger partial charge is 0.253 e. The molecule has 3 aromatic rings. The normalized spacial score (nSPS) is 10.8. The highest BCUT2D eigenvalue weighted by molar-refractivity contribution is 5.94. The van der Waals surface area contributed by atoms with Crippen molar-refractivity contribution in [3.8, 4) is 11.3 Å². The van der Waals surface area contributed by atoms with Crippen molar-refractivity contribution in [2.75, 3.05) is 0 Å². The molecule has 0 fully saturated rings. The van der Waals surface area contributed by atoms with Crippen LogP contribution in [0.3, 0.4) is 0 Å². The van der Waals surface area contributed by atoms with Gasteiger partial charge in [-0.05, 0) is 18.1 Å². The summed E-state index contributed by atoms with van der Waals surface area (Å²) in [7, 11) is 0. The Bertz CT molecular complexity index is 734. The summed E-state index contributed by atoms with van der Waals surface area (Å²) >= 11 is 0. The van der Waals surface area contributed by atoms with Crippen LogP contribution in [0.4, 0.5) is 4.39 Å². The van der Waals surface area contributed by atoms with Crippen molar-refractivity contribution in [1.82, 2.24) is 4.98 Å². The van der Waals surface area contributed by atoms with Crippen molar-refractivity contribution in [1.29, 1.82) is 0 Å². The summed E-state index contributed by atoms with van der Waals surface area (Å²) in [6.07, 6.45) is 2.28. The minimum Gasteiger partial charge on any atom is -0.253 e. The number of rotatable bonds is 2. The zero-order chi connectivity index (χ0) is 13.2. The van der Waals surface area contributed by atoms with Gasteiger partial charge in [0.2, 0.25) is 0 Å². The second kappa shape index (κ2) is 4.81. The van der Waals surface area contributed by atoms with Crippen molar-refractivity contribution in [2.45, 2.75) is 13.3 Å². The van der Waals surface area contributed by atoms with E-state index in [-0.39, 0.29) is 5.82 Å². The monoisotopic (exact) mass is 251 g/mol. The molecule has 0 N–H and O–H groups in total. The number of benzene rings is 2. The van der Waals surface area contributed by atoms with Gasteiger partial charge in [0.25, 0.3) is 0 Å². The molecule has 0 aliphatic rings. The standard InChI is InChI=1S/C17H14FN/c1-2-12-6-5-7-13(10-12)17-15-9-4-3-8-14(15)16(18)11-19-17/h3-11H,2H2,1H3. The van der Waals surface area contributed by atoms with Crippen LogP contribution in [-0.2, 0) is 6.42 Å². The molecular formula is C17H14FN. The topological polar surface area (TPSA) is 12.9 Å². The zero-order valence-corrected chi connectivity index (χ0v) is 10.7.